The zero-order chi connectivity index (χ0) is 17.3. The van der Waals surface area contributed by atoms with Crippen LogP contribution in [0.4, 0.5) is 17.2 Å². The van der Waals surface area contributed by atoms with E-state index in [-0.39, 0.29) is 5.91 Å². The number of hydrogen-bond acceptors (Lipinski definition) is 5. The van der Waals surface area contributed by atoms with E-state index in [1.54, 1.807) is 4.90 Å². The SMILES string of the molecule is CCN1C(=O)CCc2cc(Nc3nnc(C)c(C)c3C#N)ccc21. The summed E-state index contributed by atoms with van der Waals surface area (Å²) in [4.78, 5) is 13.8. The van der Waals surface area contributed by atoms with Gasteiger partial charge in [0.25, 0.3) is 0 Å². The summed E-state index contributed by atoms with van der Waals surface area (Å²) in [6.07, 6.45) is 1.25. The Balaban J connectivity index is 1.95. The molecule has 0 fully saturated rings. The van der Waals surface area contributed by atoms with Gasteiger partial charge in [0.1, 0.15) is 11.6 Å². The Hall–Kier alpha value is -2.94. The fourth-order valence-corrected chi connectivity index (χ4v) is 2.95. The smallest absolute Gasteiger partial charge is 0.227 e. The summed E-state index contributed by atoms with van der Waals surface area (Å²) in [6.45, 7) is 6.34. The highest BCUT2D eigenvalue weighted by atomic mass is 16.2. The predicted molar refractivity (Wildman–Crippen MR) is 92.3 cm³/mol. The van der Waals surface area contributed by atoms with Crippen LogP contribution in [0.2, 0.25) is 0 Å². The van der Waals surface area contributed by atoms with Crippen molar-refractivity contribution in [3.63, 3.8) is 0 Å². The van der Waals surface area contributed by atoms with Crippen LogP contribution in [-0.4, -0.2) is 22.6 Å². The molecule has 2 heterocycles. The van der Waals surface area contributed by atoms with Gasteiger partial charge in [0, 0.05) is 24.3 Å². The number of carbonyl (C=O) groups excluding carboxylic acids is 1. The number of amides is 1. The van der Waals surface area contributed by atoms with Crippen LogP contribution >= 0.6 is 0 Å². The summed E-state index contributed by atoms with van der Waals surface area (Å²) in [5.41, 5.74) is 5.01. The maximum Gasteiger partial charge on any atom is 0.227 e. The number of nitrogens with one attached hydrogen (secondary N) is 1. The van der Waals surface area contributed by atoms with Crippen molar-refractivity contribution in [2.75, 3.05) is 16.8 Å². The summed E-state index contributed by atoms with van der Waals surface area (Å²) < 4.78 is 0. The lowest BCUT2D eigenvalue weighted by molar-refractivity contribution is -0.118. The van der Waals surface area contributed by atoms with Crippen LogP contribution in [0.1, 0.15) is 35.7 Å². The van der Waals surface area contributed by atoms with Crippen molar-refractivity contribution >= 4 is 23.1 Å². The third-order valence-corrected chi connectivity index (χ3v) is 4.42. The molecule has 1 aliphatic rings. The molecule has 6 heteroatoms. The molecule has 0 saturated carbocycles. The molecule has 1 aromatic carbocycles. The van der Waals surface area contributed by atoms with E-state index >= 15 is 0 Å². The highest BCUT2D eigenvalue weighted by Crippen LogP contribution is 2.31. The van der Waals surface area contributed by atoms with Crippen LogP contribution in [0.25, 0.3) is 0 Å². The Morgan fingerprint density at radius 3 is 2.79 bits per heavy atom. The number of fused-ring (bicyclic) bond motifs is 1. The molecule has 6 nitrogen and oxygen atoms in total. The predicted octanol–water partition coefficient (Wildman–Crippen LogP) is 3.01. The van der Waals surface area contributed by atoms with E-state index in [4.69, 9.17) is 0 Å². The Kier molecular flexibility index (Phi) is 4.17. The van der Waals surface area contributed by atoms with Gasteiger partial charge in [0.2, 0.25) is 5.91 Å². The zero-order valence-corrected chi connectivity index (χ0v) is 14.1. The lowest BCUT2D eigenvalue weighted by Crippen LogP contribution is -2.34. The average molecular weight is 321 g/mol. The number of aryl methyl sites for hydroxylation is 2. The zero-order valence-electron chi connectivity index (χ0n) is 14.1. The topological polar surface area (TPSA) is 81.9 Å². The molecule has 2 aromatic rings. The number of carbonyl (C=O) groups is 1. The molecular formula is C18H19N5O. The Morgan fingerprint density at radius 2 is 2.08 bits per heavy atom. The molecule has 0 spiro atoms. The standard InChI is InChI=1S/C18H19N5O/c1-4-23-16-7-6-14(9-13(16)5-8-17(23)24)20-18-15(10-19)11(2)12(3)21-22-18/h6-7,9H,4-5,8H2,1-3H3,(H,20,22). The van der Waals surface area contributed by atoms with Crippen molar-refractivity contribution < 1.29 is 4.79 Å². The third-order valence-electron chi connectivity index (χ3n) is 4.42. The second-order valence-corrected chi connectivity index (χ2v) is 5.85. The molecule has 1 N–H and O–H groups in total. The van der Waals surface area contributed by atoms with E-state index < -0.39 is 0 Å². The Morgan fingerprint density at radius 1 is 1.29 bits per heavy atom. The molecule has 0 atom stereocenters. The molecular weight excluding hydrogens is 302 g/mol. The van der Waals surface area contributed by atoms with Gasteiger partial charge < -0.3 is 10.2 Å². The van der Waals surface area contributed by atoms with Crippen molar-refractivity contribution in [1.82, 2.24) is 10.2 Å². The highest BCUT2D eigenvalue weighted by molar-refractivity contribution is 5.96. The van der Waals surface area contributed by atoms with Crippen LogP contribution in [-0.2, 0) is 11.2 Å². The quantitative estimate of drug-likeness (QED) is 0.939. The van der Waals surface area contributed by atoms with Gasteiger partial charge in [0.15, 0.2) is 5.82 Å². The van der Waals surface area contributed by atoms with Crippen molar-refractivity contribution in [3.05, 3.63) is 40.6 Å². The van der Waals surface area contributed by atoms with E-state index in [0.717, 1.165) is 34.6 Å². The minimum atomic E-state index is 0.164. The fraction of sp³-hybridized carbons (Fsp3) is 0.333. The molecule has 0 radical (unpaired) electrons. The van der Waals surface area contributed by atoms with Crippen molar-refractivity contribution in [3.8, 4) is 6.07 Å². The number of nitriles is 1. The first-order valence-electron chi connectivity index (χ1n) is 7.99. The van der Waals surface area contributed by atoms with Crippen molar-refractivity contribution in [2.24, 2.45) is 0 Å². The van der Waals surface area contributed by atoms with Crippen molar-refractivity contribution in [1.29, 1.82) is 5.26 Å². The van der Waals surface area contributed by atoms with E-state index in [9.17, 15) is 10.1 Å². The summed E-state index contributed by atoms with van der Waals surface area (Å²) in [5.74, 6) is 0.622. The lowest BCUT2D eigenvalue weighted by atomic mass is 10.0. The van der Waals surface area contributed by atoms with Crippen molar-refractivity contribution in [2.45, 2.75) is 33.6 Å². The summed E-state index contributed by atoms with van der Waals surface area (Å²) >= 11 is 0. The molecule has 122 valence electrons. The number of benzene rings is 1. The largest absolute Gasteiger partial charge is 0.338 e. The van der Waals surface area contributed by atoms with E-state index in [0.29, 0.717) is 24.3 Å². The molecule has 24 heavy (non-hydrogen) atoms. The van der Waals surface area contributed by atoms with Gasteiger partial charge in [-0.15, -0.1) is 5.10 Å². The molecule has 0 aliphatic carbocycles. The number of aromatic nitrogens is 2. The summed E-state index contributed by atoms with van der Waals surface area (Å²) in [7, 11) is 0. The molecule has 1 amide bonds. The van der Waals surface area contributed by atoms with Gasteiger partial charge in [-0.2, -0.15) is 10.4 Å². The normalized spacial score (nSPS) is 13.4. The third kappa shape index (κ3) is 2.69. The number of nitrogens with zero attached hydrogens (tertiary/aromatic N) is 4. The molecule has 3 rings (SSSR count). The Bertz CT molecular complexity index is 853. The molecule has 1 aromatic heterocycles. The van der Waals surface area contributed by atoms with Gasteiger partial charge in [-0.3, -0.25) is 4.79 Å². The Labute approximate surface area is 141 Å². The van der Waals surface area contributed by atoms with Crippen LogP contribution in [0.5, 0.6) is 0 Å². The van der Waals surface area contributed by atoms with Crippen LogP contribution in [0.15, 0.2) is 18.2 Å². The molecule has 0 unspecified atom stereocenters. The lowest BCUT2D eigenvalue weighted by Gasteiger charge is -2.28. The average Bonchev–Trinajstić information content (AvgIpc) is 2.58. The number of hydrogen-bond donors (Lipinski definition) is 1. The van der Waals surface area contributed by atoms with Gasteiger partial charge in [0.05, 0.1) is 5.69 Å². The van der Waals surface area contributed by atoms with Crippen LogP contribution in [0.3, 0.4) is 0 Å². The fourth-order valence-electron chi connectivity index (χ4n) is 2.95. The van der Waals surface area contributed by atoms with Gasteiger partial charge in [-0.25, -0.2) is 0 Å². The van der Waals surface area contributed by atoms with E-state index in [2.05, 4.69) is 21.6 Å². The highest BCUT2D eigenvalue weighted by Gasteiger charge is 2.23. The van der Waals surface area contributed by atoms with E-state index in [1.165, 1.54) is 0 Å². The second kappa shape index (κ2) is 6.28. The second-order valence-electron chi connectivity index (χ2n) is 5.85. The first-order valence-corrected chi connectivity index (χ1v) is 7.99. The summed E-state index contributed by atoms with van der Waals surface area (Å²) in [6, 6.07) is 8.05. The van der Waals surface area contributed by atoms with Gasteiger partial charge >= 0.3 is 0 Å². The monoisotopic (exact) mass is 321 g/mol. The first kappa shape index (κ1) is 15.9. The molecule has 1 aliphatic heterocycles. The summed E-state index contributed by atoms with van der Waals surface area (Å²) in [5, 5.41) is 20.8. The molecule has 0 saturated heterocycles. The maximum atomic E-state index is 12.0. The minimum absolute atomic E-state index is 0.164. The van der Waals surface area contributed by atoms with Crippen LogP contribution in [0, 0.1) is 25.2 Å². The van der Waals surface area contributed by atoms with E-state index in [1.807, 2.05) is 39.0 Å². The van der Waals surface area contributed by atoms with Gasteiger partial charge in [-0.05, 0) is 56.5 Å². The van der Waals surface area contributed by atoms with Crippen LogP contribution < -0.4 is 10.2 Å². The maximum absolute atomic E-state index is 12.0. The van der Waals surface area contributed by atoms with Gasteiger partial charge in [-0.1, -0.05) is 0 Å². The number of anilines is 3. The number of rotatable bonds is 3. The molecule has 0 bridgehead atoms. The minimum Gasteiger partial charge on any atom is -0.338 e. The first-order chi connectivity index (χ1) is 11.5.